The lowest BCUT2D eigenvalue weighted by Crippen LogP contribution is -2.59. The van der Waals surface area contributed by atoms with Crippen molar-refractivity contribution in [2.75, 3.05) is 26.3 Å². The first-order valence-electron chi connectivity index (χ1n) is 12.5. The molecule has 4 heterocycles. The number of likely N-dealkylation sites (tertiary alicyclic amines) is 1. The summed E-state index contributed by atoms with van der Waals surface area (Å²) in [4.78, 5) is 44.8. The number of carbonyl (C=O) groups excluding carboxylic acids is 3. The van der Waals surface area contributed by atoms with Crippen molar-refractivity contribution in [3.63, 3.8) is 0 Å². The molecule has 4 rings (SSSR count). The van der Waals surface area contributed by atoms with E-state index in [0.717, 1.165) is 12.8 Å². The molecule has 0 radical (unpaired) electrons. The Hall–Kier alpha value is -2.19. The van der Waals surface area contributed by atoms with Gasteiger partial charge in [0, 0.05) is 25.2 Å². The topological polar surface area (TPSA) is 96.4 Å². The summed E-state index contributed by atoms with van der Waals surface area (Å²) >= 11 is 0. The van der Waals surface area contributed by atoms with Crippen molar-refractivity contribution in [1.29, 1.82) is 0 Å². The van der Waals surface area contributed by atoms with E-state index in [2.05, 4.69) is 0 Å². The van der Waals surface area contributed by atoms with Crippen molar-refractivity contribution in [3.05, 3.63) is 24.3 Å². The van der Waals surface area contributed by atoms with Gasteiger partial charge >= 0.3 is 5.97 Å². The second kappa shape index (κ2) is 9.11. The standard InChI is InChI=1S/C26H38N2O6/c1-24(2,3)28-15-11-13-26-18(19-23(32)33-17-10-5-7-12-25(19,4)34-26)21(30)27(20(26)22(28)31)14-8-6-9-16-29/h7,11-13,18-20,29H,5-6,8-10,14-17H2,1-4H3/b12-7-/t18-,19-,20?,25+,26-/m0/s1. The molecule has 1 unspecified atom stereocenters. The van der Waals surface area contributed by atoms with Crippen LogP contribution in [-0.2, 0) is 23.9 Å². The number of esters is 1. The lowest BCUT2D eigenvalue weighted by molar-refractivity contribution is -0.160. The average Bonchev–Trinajstić information content (AvgIpc) is 3.09. The van der Waals surface area contributed by atoms with Crippen LogP contribution in [0.4, 0.5) is 0 Å². The van der Waals surface area contributed by atoms with Crippen molar-refractivity contribution >= 4 is 17.8 Å². The number of hydrogen-bond donors (Lipinski definition) is 1. The summed E-state index contributed by atoms with van der Waals surface area (Å²) in [6, 6.07) is -0.856. The number of unbranched alkanes of at least 4 members (excludes halogenated alkanes) is 2. The summed E-state index contributed by atoms with van der Waals surface area (Å²) < 4.78 is 12.3. The van der Waals surface area contributed by atoms with Crippen LogP contribution in [0.25, 0.3) is 0 Å². The summed E-state index contributed by atoms with van der Waals surface area (Å²) in [6.45, 7) is 8.92. The minimum Gasteiger partial charge on any atom is -0.465 e. The van der Waals surface area contributed by atoms with Crippen molar-refractivity contribution in [2.24, 2.45) is 11.8 Å². The first kappa shape index (κ1) is 24.9. The molecule has 0 aromatic rings. The third-order valence-corrected chi connectivity index (χ3v) is 7.62. The number of rotatable bonds is 5. The van der Waals surface area contributed by atoms with Crippen molar-refractivity contribution in [1.82, 2.24) is 9.80 Å². The van der Waals surface area contributed by atoms with E-state index in [1.807, 2.05) is 52.0 Å². The molecule has 8 heteroatoms. The summed E-state index contributed by atoms with van der Waals surface area (Å²) in [5.41, 5.74) is -2.74. The van der Waals surface area contributed by atoms with E-state index < -0.39 is 40.6 Å². The molecular weight excluding hydrogens is 436 g/mol. The zero-order valence-electron chi connectivity index (χ0n) is 20.8. The van der Waals surface area contributed by atoms with Gasteiger partial charge in [0.05, 0.1) is 18.1 Å². The molecule has 188 valence electrons. The van der Waals surface area contributed by atoms with Crippen LogP contribution >= 0.6 is 0 Å². The van der Waals surface area contributed by atoms with Gasteiger partial charge in [-0.05, 0) is 59.8 Å². The second-order valence-electron chi connectivity index (χ2n) is 11.0. The number of cyclic esters (lactones) is 1. The van der Waals surface area contributed by atoms with E-state index in [4.69, 9.17) is 14.6 Å². The van der Waals surface area contributed by atoms with E-state index in [9.17, 15) is 14.4 Å². The molecule has 34 heavy (non-hydrogen) atoms. The lowest BCUT2D eigenvalue weighted by atomic mass is 9.74. The van der Waals surface area contributed by atoms with E-state index in [-0.39, 0.29) is 18.4 Å². The van der Waals surface area contributed by atoms with E-state index >= 15 is 0 Å². The third-order valence-electron chi connectivity index (χ3n) is 7.62. The summed E-state index contributed by atoms with van der Waals surface area (Å²) in [6.07, 6.45) is 11.1. The van der Waals surface area contributed by atoms with Gasteiger partial charge < -0.3 is 24.4 Å². The maximum absolute atomic E-state index is 14.1. The fourth-order valence-corrected chi connectivity index (χ4v) is 6.05. The maximum atomic E-state index is 14.1. The molecule has 0 aromatic heterocycles. The number of ether oxygens (including phenoxy) is 2. The Morgan fingerprint density at radius 3 is 2.53 bits per heavy atom. The fourth-order valence-electron chi connectivity index (χ4n) is 6.05. The summed E-state index contributed by atoms with van der Waals surface area (Å²) in [5.74, 6) is -2.51. The SMILES string of the molecule is CC(C)(C)N1CC=C[C@]23O[C@]4(C)/C=C\CCCOC(=O)[C@@H]4[C@H]2C(=O)N(CCCCCO)C3C1=O. The molecule has 2 saturated heterocycles. The number of nitrogens with zero attached hydrogens (tertiary/aromatic N) is 2. The minimum atomic E-state index is -1.24. The van der Waals surface area contributed by atoms with Crippen LogP contribution in [0.15, 0.2) is 24.3 Å². The monoisotopic (exact) mass is 474 g/mol. The predicted octanol–water partition coefficient (Wildman–Crippen LogP) is 2.21. The number of allylic oxidation sites excluding steroid dienone is 1. The van der Waals surface area contributed by atoms with Gasteiger partial charge in [0.1, 0.15) is 17.6 Å². The molecule has 4 aliphatic heterocycles. The van der Waals surface area contributed by atoms with Gasteiger partial charge in [-0.15, -0.1) is 0 Å². The highest BCUT2D eigenvalue weighted by atomic mass is 16.6. The first-order valence-corrected chi connectivity index (χ1v) is 12.5. The van der Waals surface area contributed by atoms with Crippen molar-refractivity contribution in [3.8, 4) is 0 Å². The molecule has 0 aromatic carbocycles. The lowest BCUT2D eigenvalue weighted by Gasteiger charge is -2.41. The Morgan fingerprint density at radius 1 is 1.06 bits per heavy atom. The van der Waals surface area contributed by atoms with E-state index in [1.54, 1.807) is 9.80 Å². The zero-order valence-corrected chi connectivity index (χ0v) is 20.8. The van der Waals surface area contributed by atoms with Crippen LogP contribution < -0.4 is 0 Å². The summed E-state index contributed by atoms with van der Waals surface area (Å²) in [5, 5.41) is 9.16. The molecule has 4 aliphatic rings. The van der Waals surface area contributed by atoms with Gasteiger partial charge in [0.15, 0.2) is 0 Å². The average molecular weight is 475 g/mol. The maximum Gasteiger partial charge on any atom is 0.313 e. The number of aliphatic hydroxyl groups excluding tert-OH is 1. The highest BCUT2D eigenvalue weighted by Gasteiger charge is 2.74. The Balaban J connectivity index is 1.81. The molecule has 5 atom stereocenters. The predicted molar refractivity (Wildman–Crippen MR) is 126 cm³/mol. The van der Waals surface area contributed by atoms with Crippen LogP contribution in [0.5, 0.6) is 0 Å². The van der Waals surface area contributed by atoms with Gasteiger partial charge in [-0.1, -0.05) is 24.3 Å². The highest BCUT2D eigenvalue weighted by molar-refractivity contribution is 5.99. The summed E-state index contributed by atoms with van der Waals surface area (Å²) in [7, 11) is 0. The Bertz CT molecular complexity index is 892. The van der Waals surface area contributed by atoms with E-state index in [0.29, 0.717) is 39.0 Å². The van der Waals surface area contributed by atoms with Gasteiger partial charge in [0.2, 0.25) is 11.8 Å². The minimum absolute atomic E-state index is 0.0884. The number of hydrogen-bond acceptors (Lipinski definition) is 6. The largest absolute Gasteiger partial charge is 0.465 e. The molecule has 0 saturated carbocycles. The molecule has 1 spiro atoms. The third kappa shape index (κ3) is 3.98. The van der Waals surface area contributed by atoms with Gasteiger partial charge in [0.25, 0.3) is 0 Å². The smallest absolute Gasteiger partial charge is 0.313 e. The molecule has 0 bridgehead atoms. The van der Waals surface area contributed by atoms with Crippen LogP contribution in [-0.4, -0.2) is 81.8 Å². The molecule has 0 aliphatic carbocycles. The molecule has 2 fully saturated rings. The van der Waals surface area contributed by atoms with Gasteiger partial charge in [-0.25, -0.2) is 0 Å². The van der Waals surface area contributed by atoms with Crippen LogP contribution in [0, 0.1) is 11.8 Å². The number of aliphatic hydroxyl groups is 1. The Kier molecular flexibility index (Phi) is 6.68. The second-order valence-corrected chi connectivity index (χ2v) is 11.0. The van der Waals surface area contributed by atoms with Crippen molar-refractivity contribution < 1.29 is 29.0 Å². The molecule has 1 N–H and O–H groups in total. The van der Waals surface area contributed by atoms with Crippen LogP contribution in [0.1, 0.15) is 59.8 Å². The Labute approximate surface area is 201 Å². The highest BCUT2D eigenvalue weighted by Crippen LogP contribution is 2.57. The zero-order chi connectivity index (χ0) is 24.7. The van der Waals surface area contributed by atoms with Gasteiger partial charge in [-0.3, -0.25) is 14.4 Å². The molecular formula is C26H38N2O6. The van der Waals surface area contributed by atoms with E-state index in [1.165, 1.54) is 0 Å². The van der Waals surface area contributed by atoms with Crippen LogP contribution in [0.3, 0.4) is 0 Å². The fraction of sp³-hybridized carbons (Fsp3) is 0.731. The Morgan fingerprint density at radius 2 is 1.82 bits per heavy atom. The number of carbonyl (C=O) groups is 3. The number of amides is 2. The van der Waals surface area contributed by atoms with Crippen molar-refractivity contribution in [2.45, 2.75) is 82.6 Å². The normalized spacial score (nSPS) is 36.7. The van der Waals surface area contributed by atoms with Gasteiger partial charge in [-0.2, -0.15) is 0 Å². The molecule has 8 nitrogen and oxygen atoms in total. The quantitative estimate of drug-likeness (QED) is 0.373. The van der Waals surface area contributed by atoms with Crippen LogP contribution in [0.2, 0.25) is 0 Å². The number of fused-ring (bicyclic) bond motifs is 2. The molecule has 2 amide bonds. The first-order chi connectivity index (χ1) is 16.1.